The van der Waals surface area contributed by atoms with Gasteiger partial charge in [0.05, 0.1) is 9.77 Å². The summed E-state index contributed by atoms with van der Waals surface area (Å²) in [7, 11) is 0. The molecule has 1 N–H and O–H groups in total. The molecule has 4 nitrogen and oxygen atoms in total. The summed E-state index contributed by atoms with van der Waals surface area (Å²) in [6, 6.07) is 0.408. The van der Waals surface area contributed by atoms with Gasteiger partial charge in [-0.3, -0.25) is 9.48 Å². The van der Waals surface area contributed by atoms with Crippen LogP contribution in [0.15, 0.2) is 6.20 Å². The highest BCUT2D eigenvalue weighted by Crippen LogP contribution is 2.17. The van der Waals surface area contributed by atoms with E-state index in [0.29, 0.717) is 19.0 Å². The molecule has 0 atom stereocenters. The molecular weight excluding hydrogens is 341 g/mol. The summed E-state index contributed by atoms with van der Waals surface area (Å²) in [6.45, 7) is 2.71. The van der Waals surface area contributed by atoms with Crippen LogP contribution < -0.4 is 5.32 Å². The lowest BCUT2D eigenvalue weighted by molar-refractivity contribution is -0.122. The molecule has 1 aromatic rings. The molecule has 1 aliphatic rings. The van der Waals surface area contributed by atoms with Crippen LogP contribution >= 0.6 is 22.6 Å². The van der Waals surface area contributed by atoms with Crippen molar-refractivity contribution >= 4 is 28.5 Å². The number of amides is 1. The number of nitrogens with one attached hydrogen (secondary N) is 1. The van der Waals surface area contributed by atoms with Gasteiger partial charge < -0.3 is 5.32 Å². The summed E-state index contributed by atoms with van der Waals surface area (Å²) in [5.41, 5.74) is 1.14. The van der Waals surface area contributed by atoms with Crippen molar-refractivity contribution in [2.24, 2.45) is 0 Å². The molecule has 5 heteroatoms. The first-order chi connectivity index (χ1) is 8.66. The topological polar surface area (TPSA) is 46.9 Å². The Bertz CT molecular complexity index is 410. The first-order valence-electron chi connectivity index (χ1n) is 6.64. The number of carbonyl (C=O) groups is 1. The van der Waals surface area contributed by atoms with Crippen LogP contribution in [0.2, 0.25) is 0 Å². The van der Waals surface area contributed by atoms with Crippen LogP contribution in [0.25, 0.3) is 0 Å². The van der Waals surface area contributed by atoms with Crippen molar-refractivity contribution in [1.29, 1.82) is 0 Å². The summed E-state index contributed by atoms with van der Waals surface area (Å²) < 4.78 is 3.06. The number of hydrogen-bond donors (Lipinski definition) is 1. The van der Waals surface area contributed by atoms with E-state index >= 15 is 0 Å². The largest absolute Gasteiger partial charge is 0.353 e. The van der Waals surface area contributed by atoms with Crippen LogP contribution in [-0.2, 0) is 11.3 Å². The predicted octanol–water partition coefficient (Wildman–Crippen LogP) is 2.64. The van der Waals surface area contributed by atoms with Crippen molar-refractivity contribution in [2.75, 3.05) is 0 Å². The highest BCUT2D eigenvalue weighted by Gasteiger charge is 2.15. The van der Waals surface area contributed by atoms with E-state index in [0.717, 1.165) is 22.1 Å². The van der Waals surface area contributed by atoms with E-state index in [-0.39, 0.29) is 5.91 Å². The number of halogens is 1. The third kappa shape index (κ3) is 3.70. The fraction of sp³-hybridized carbons (Fsp3) is 0.692. The van der Waals surface area contributed by atoms with Crippen LogP contribution in [-0.4, -0.2) is 21.7 Å². The molecule has 0 aliphatic heterocycles. The fourth-order valence-corrected chi connectivity index (χ4v) is 2.81. The van der Waals surface area contributed by atoms with E-state index in [1.54, 1.807) is 0 Å². The average Bonchev–Trinajstić information content (AvgIpc) is 2.69. The Morgan fingerprint density at radius 3 is 2.83 bits per heavy atom. The lowest BCUT2D eigenvalue weighted by Gasteiger charge is -2.22. The van der Waals surface area contributed by atoms with Crippen LogP contribution in [0.3, 0.4) is 0 Å². The van der Waals surface area contributed by atoms with Crippen molar-refractivity contribution in [3.05, 3.63) is 15.5 Å². The Labute approximate surface area is 122 Å². The molecule has 0 saturated heterocycles. The number of hydrogen-bond acceptors (Lipinski definition) is 2. The van der Waals surface area contributed by atoms with Gasteiger partial charge >= 0.3 is 0 Å². The maximum absolute atomic E-state index is 11.8. The minimum atomic E-state index is 0.159. The van der Waals surface area contributed by atoms with E-state index < -0.39 is 0 Å². The van der Waals surface area contributed by atoms with E-state index in [4.69, 9.17) is 0 Å². The molecule has 1 fully saturated rings. The molecule has 0 aromatic carbocycles. The van der Waals surface area contributed by atoms with Crippen LogP contribution in [0.1, 0.15) is 44.2 Å². The Kier molecular flexibility index (Phi) is 5.03. The third-order valence-electron chi connectivity index (χ3n) is 3.56. The lowest BCUT2D eigenvalue weighted by Crippen LogP contribution is -2.36. The zero-order valence-corrected chi connectivity index (χ0v) is 12.9. The van der Waals surface area contributed by atoms with Crippen molar-refractivity contribution in [3.8, 4) is 0 Å². The maximum atomic E-state index is 11.8. The SMILES string of the molecule is Cc1c(I)cnn1CCC(=O)NC1CCCCC1. The van der Waals surface area contributed by atoms with Gasteiger partial charge in [0.2, 0.25) is 5.91 Å². The quantitative estimate of drug-likeness (QED) is 0.839. The first kappa shape index (κ1) is 13.8. The smallest absolute Gasteiger partial charge is 0.222 e. The highest BCUT2D eigenvalue weighted by molar-refractivity contribution is 14.1. The predicted molar refractivity (Wildman–Crippen MR) is 79.3 cm³/mol. The molecule has 1 aliphatic carbocycles. The fourth-order valence-electron chi connectivity index (χ4n) is 2.40. The second-order valence-corrected chi connectivity index (χ2v) is 6.12. The molecule has 18 heavy (non-hydrogen) atoms. The highest BCUT2D eigenvalue weighted by atomic mass is 127. The summed E-state index contributed by atoms with van der Waals surface area (Å²) in [5, 5.41) is 7.40. The molecule has 0 bridgehead atoms. The molecular formula is C13H20IN3O. The molecule has 2 rings (SSSR count). The van der Waals surface area contributed by atoms with E-state index in [1.807, 2.05) is 17.8 Å². The molecule has 0 spiro atoms. The van der Waals surface area contributed by atoms with E-state index in [9.17, 15) is 4.79 Å². The zero-order valence-electron chi connectivity index (χ0n) is 10.8. The van der Waals surface area contributed by atoms with Crippen molar-refractivity contribution < 1.29 is 4.79 Å². The van der Waals surface area contributed by atoms with Gasteiger partial charge in [-0.25, -0.2) is 0 Å². The molecule has 0 radical (unpaired) electrons. The zero-order chi connectivity index (χ0) is 13.0. The minimum absolute atomic E-state index is 0.159. The maximum Gasteiger partial charge on any atom is 0.222 e. The summed E-state index contributed by atoms with van der Waals surface area (Å²) in [6.07, 6.45) is 8.47. The van der Waals surface area contributed by atoms with Gasteiger partial charge in [0, 0.05) is 24.7 Å². The Morgan fingerprint density at radius 1 is 1.50 bits per heavy atom. The van der Waals surface area contributed by atoms with Gasteiger partial charge in [-0.15, -0.1) is 0 Å². The monoisotopic (exact) mass is 361 g/mol. The second-order valence-electron chi connectivity index (χ2n) is 4.95. The van der Waals surface area contributed by atoms with E-state index in [1.165, 1.54) is 19.3 Å². The van der Waals surface area contributed by atoms with Crippen LogP contribution in [0.5, 0.6) is 0 Å². The van der Waals surface area contributed by atoms with E-state index in [2.05, 4.69) is 33.0 Å². The van der Waals surface area contributed by atoms with Gasteiger partial charge in [-0.1, -0.05) is 19.3 Å². The average molecular weight is 361 g/mol. The van der Waals surface area contributed by atoms with Gasteiger partial charge in [-0.05, 0) is 42.4 Å². The molecule has 1 amide bonds. The Hall–Kier alpha value is -0.590. The van der Waals surface area contributed by atoms with Gasteiger partial charge in [0.1, 0.15) is 0 Å². The van der Waals surface area contributed by atoms with Crippen molar-refractivity contribution in [1.82, 2.24) is 15.1 Å². The third-order valence-corrected chi connectivity index (χ3v) is 4.62. The van der Waals surface area contributed by atoms with Crippen LogP contribution in [0, 0.1) is 10.5 Å². The minimum Gasteiger partial charge on any atom is -0.353 e. The summed E-state index contributed by atoms with van der Waals surface area (Å²) >= 11 is 2.26. The Morgan fingerprint density at radius 2 is 2.22 bits per heavy atom. The molecule has 1 aromatic heterocycles. The standard InChI is InChI=1S/C13H20IN3O/c1-10-12(14)9-15-17(10)8-7-13(18)16-11-5-3-2-4-6-11/h9,11H,2-8H2,1H3,(H,16,18). The number of rotatable bonds is 4. The Balaban J connectivity index is 1.76. The summed E-state index contributed by atoms with van der Waals surface area (Å²) in [4.78, 5) is 11.8. The first-order valence-corrected chi connectivity index (χ1v) is 7.72. The number of nitrogens with zero attached hydrogens (tertiary/aromatic N) is 2. The van der Waals surface area contributed by atoms with Crippen LogP contribution in [0.4, 0.5) is 0 Å². The van der Waals surface area contributed by atoms with Gasteiger partial charge in [-0.2, -0.15) is 5.10 Å². The molecule has 100 valence electrons. The lowest BCUT2D eigenvalue weighted by atomic mass is 9.95. The second kappa shape index (κ2) is 6.54. The number of carbonyl (C=O) groups excluding carboxylic acids is 1. The summed E-state index contributed by atoms with van der Waals surface area (Å²) in [5.74, 6) is 0.159. The van der Waals surface area contributed by atoms with Crippen molar-refractivity contribution in [2.45, 2.75) is 58.0 Å². The number of aromatic nitrogens is 2. The molecule has 1 saturated carbocycles. The molecule has 0 unspecified atom stereocenters. The van der Waals surface area contributed by atoms with Gasteiger partial charge in [0.15, 0.2) is 0 Å². The van der Waals surface area contributed by atoms with Crippen molar-refractivity contribution in [3.63, 3.8) is 0 Å². The number of aryl methyl sites for hydroxylation is 1. The normalized spacial score (nSPS) is 16.8. The molecule has 1 heterocycles. The van der Waals surface area contributed by atoms with Gasteiger partial charge in [0.25, 0.3) is 0 Å².